The fourth-order valence-corrected chi connectivity index (χ4v) is 1.68. The van der Waals surface area contributed by atoms with Crippen LogP contribution in [0.2, 0.25) is 0 Å². The van der Waals surface area contributed by atoms with Gasteiger partial charge >= 0.3 is 5.95 Å². The third kappa shape index (κ3) is 1.93. The molecule has 16 heavy (non-hydrogen) atoms. The maximum absolute atomic E-state index is 5.12. The number of hydrogen-bond acceptors (Lipinski definition) is 4. The Hall–Kier alpha value is -1.78. The summed E-state index contributed by atoms with van der Waals surface area (Å²) in [6, 6.07) is 1.80. The van der Waals surface area contributed by atoms with Gasteiger partial charge in [-0.3, -0.25) is 0 Å². The van der Waals surface area contributed by atoms with Crippen LogP contribution in [0.3, 0.4) is 0 Å². The van der Waals surface area contributed by atoms with Gasteiger partial charge in [0.15, 0.2) is 0 Å². The summed E-state index contributed by atoms with van der Waals surface area (Å²) < 4.78 is 6.89. The fourth-order valence-electron chi connectivity index (χ4n) is 1.68. The van der Waals surface area contributed by atoms with Gasteiger partial charge in [-0.2, -0.15) is 0 Å². The molecule has 0 fully saturated rings. The predicted molar refractivity (Wildman–Crippen MR) is 61.6 cm³/mol. The molecule has 0 N–H and O–H groups in total. The Kier molecular flexibility index (Phi) is 2.68. The van der Waals surface area contributed by atoms with E-state index in [2.05, 4.69) is 15.1 Å². The Morgan fingerprint density at radius 1 is 1.25 bits per heavy atom. The molecule has 0 bridgehead atoms. The van der Waals surface area contributed by atoms with E-state index in [1.807, 2.05) is 20.8 Å². The normalized spacial score (nSPS) is 15.4. The van der Waals surface area contributed by atoms with Crippen LogP contribution < -0.4 is 4.74 Å². The van der Waals surface area contributed by atoms with Crippen LogP contribution in [0, 0.1) is 6.92 Å². The monoisotopic (exact) mass is 219 g/mol. The van der Waals surface area contributed by atoms with Crippen LogP contribution >= 0.6 is 0 Å². The molecule has 1 aromatic rings. The summed E-state index contributed by atoms with van der Waals surface area (Å²) in [5.74, 6) is 1.14. The van der Waals surface area contributed by atoms with Crippen LogP contribution in [0.1, 0.15) is 26.0 Å². The SMILES string of the molecule is COc1cc(C)nc([N+]2=C(C)CC(C)=N2)n1. The highest BCUT2D eigenvalue weighted by atomic mass is 16.5. The van der Waals surface area contributed by atoms with Crippen LogP contribution in [0.4, 0.5) is 5.95 Å². The quantitative estimate of drug-likeness (QED) is 0.711. The molecular weight excluding hydrogens is 204 g/mol. The summed E-state index contributed by atoms with van der Waals surface area (Å²) in [4.78, 5) is 8.64. The Morgan fingerprint density at radius 2 is 2.00 bits per heavy atom. The molecule has 1 aromatic heterocycles. The lowest BCUT2D eigenvalue weighted by atomic mass is 10.2. The largest absolute Gasteiger partial charge is 0.469 e. The van der Waals surface area contributed by atoms with Crippen LogP contribution in [0.5, 0.6) is 5.88 Å². The first-order valence-electron chi connectivity index (χ1n) is 5.16. The van der Waals surface area contributed by atoms with E-state index in [9.17, 15) is 0 Å². The molecule has 0 unspecified atom stereocenters. The van der Waals surface area contributed by atoms with Gasteiger partial charge in [-0.15, -0.1) is 9.79 Å². The number of aryl methyl sites for hydroxylation is 1. The molecule has 0 amide bonds. The van der Waals surface area contributed by atoms with E-state index in [-0.39, 0.29) is 0 Å². The van der Waals surface area contributed by atoms with E-state index < -0.39 is 0 Å². The maximum Gasteiger partial charge on any atom is 0.460 e. The summed E-state index contributed by atoms with van der Waals surface area (Å²) in [5.41, 5.74) is 3.07. The topological polar surface area (TPSA) is 50.4 Å². The first-order valence-corrected chi connectivity index (χ1v) is 5.16. The van der Waals surface area contributed by atoms with Gasteiger partial charge in [-0.05, 0) is 25.8 Å². The van der Waals surface area contributed by atoms with Crippen molar-refractivity contribution >= 4 is 17.4 Å². The Bertz CT molecular complexity index is 491. The average Bonchev–Trinajstić information content (AvgIpc) is 2.57. The van der Waals surface area contributed by atoms with E-state index in [1.165, 1.54) is 0 Å². The minimum Gasteiger partial charge on any atom is -0.469 e. The molecule has 0 aromatic carbocycles. The number of hydrazone groups is 1. The predicted octanol–water partition coefficient (Wildman–Crippen LogP) is 1.68. The second-order valence-electron chi connectivity index (χ2n) is 3.91. The van der Waals surface area contributed by atoms with Crippen molar-refractivity contribution in [2.45, 2.75) is 27.2 Å². The number of ether oxygens (including phenoxy) is 1. The van der Waals surface area contributed by atoms with Crippen LogP contribution in [-0.4, -0.2) is 33.2 Å². The van der Waals surface area contributed by atoms with Crippen LogP contribution in [0.15, 0.2) is 11.2 Å². The van der Waals surface area contributed by atoms with Gasteiger partial charge in [0.2, 0.25) is 0 Å². The fraction of sp³-hybridized carbons (Fsp3) is 0.455. The van der Waals surface area contributed by atoms with E-state index >= 15 is 0 Å². The average molecular weight is 219 g/mol. The van der Waals surface area contributed by atoms with Gasteiger partial charge in [0.1, 0.15) is 5.69 Å². The standard InChI is InChI=1S/C11H15N4O/c1-7-6-10(16-4)13-11(12-7)15-9(3)5-8(2)14-15/h6H,5H2,1-4H3/q+1. The summed E-state index contributed by atoms with van der Waals surface area (Å²) in [5, 5.41) is 4.39. The molecule has 2 rings (SSSR count). The van der Waals surface area contributed by atoms with Gasteiger partial charge in [-0.25, -0.2) is 0 Å². The zero-order valence-electron chi connectivity index (χ0n) is 9.98. The third-order valence-electron chi connectivity index (χ3n) is 2.36. The molecule has 0 aliphatic carbocycles. The summed E-state index contributed by atoms with van der Waals surface area (Å²) in [6.45, 7) is 5.93. The van der Waals surface area contributed by atoms with E-state index in [0.29, 0.717) is 11.8 Å². The highest BCUT2D eigenvalue weighted by Gasteiger charge is 2.23. The van der Waals surface area contributed by atoms with Crippen LogP contribution in [0.25, 0.3) is 0 Å². The molecule has 0 saturated carbocycles. The number of hydrogen-bond donors (Lipinski definition) is 0. The zero-order valence-corrected chi connectivity index (χ0v) is 9.98. The molecule has 1 aliphatic heterocycles. The zero-order chi connectivity index (χ0) is 11.7. The van der Waals surface area contributed by atoms with Gasteiger partial charge in [-0.1, -0.05) is 4.98 Å². The van der Waals surface area contributed by atoms with Crippen molar-refractivity contribution in [3.63, 3.8) is 0 Å². The van der Waals surface area contributed by atoms with Crippen molar-refractivity contribution in [2.24, 2.45) is 5.10 Å². The molecule has 1 aliphatic rings. The lowest BCUT2D eigenvalue weighted by molar-refractivity contribution is -0.451. The lowest BCUT2D eigenvalue weighted by Crippen LogP contribution is -2.07. The molecule has 5 nitrogen and oxygen atoms in total. The molecule has 0 saturated heterocycles. The smallest absolute Gasteiger partial charge is 0.460 e. The first kappa shape index (κ1) is 10.7. The van der Waals surface area contributed by atoms with E-state index in [4.69, 9.17) is 4.74 Å². The molecule has 0 atom stereocenters. The molecule has 5 heteroatoms. The van der Waals surface area contributed by atoms with Crippen molar-refractivity contribution in [3.05, 3.63) is 11.8 Å². The lowest BCUT2D eigenvalue weighted by Gasteiger charge is -1.97. The number of aromatic nitrogens is 2. The van der Waals surface area contributed by atoms with Crippen molar-refractivity contribution < 1.29 is 9.42 Å². The van der Waals surface area contributed by atoms with Crippen LogP contribution in [-0.2, 0) is 0 Å². The Balaban J connectivity index is 2.48. The van der Waals surface area contributed by atoms with Crippen molar-refractivity contribution in [3.8, 4) is 5.88 Å². The molecule has 2 heterocycles. The minimum atomic E-state index is 0.565. The van der Waals surface area contributed by atoms with Crippen molar-refractivity contribution in [1.82, 2.24) is 9.97 Å². The highest BCUT2D eigenvalue weighted by Crippen LogP contribution is 2.17. The summed E-state index contributed by atoms with van der Waals surface area (Å²) in [6.07, 6.45) is 0.875. The molecule has 84 valence electrons. The molecule has 0 spiro atoms. The highest BCUT2D eigenvalue weighted by molar-refractivity contribution is 6.02. The number of rotatable bonds is 2. The Morgan fingerprint density at radius 3 is 2.56 bits per heavy atom. The van der Waals surface area contributed by atoms with Crippen molar-refractivity contribution in [2.75, 3.05) is 7.11 Å². The van der Waals surface area contributed by atoms with E-state index in [1.54, 1.807) is 17.9 Å². The second-order valence-corrected chi connectivity index (χ2v) is 3.91. The molecule has 0 radical (unpaired) electrons. The minimum absolute atomic E-state index is 0.565. The van der Waals surface area contributed by atoms with Gasteiger partial charge in [0.05, 0.1) is 24.6 Å². The van der Waals surface area contributed by atoms with Crippen molar-refractivity contribution in [1.29, 1.82) is 0 Å². The van der Waals surface area contributed by atoms with Gasteiger partial charge in [0, 0.05) is 6.42 Å². The summed E-state index contributed by atoms with van der Waals surface area (Å²) in [7, 11) is 1.60. The second kappa shape index (κ2) is 4.00. The molecular formula is C11H15N4O+. The Labute approximate surface area is 94.5 Å². The number of nitrogens with zero attached hydrogens (tertiary/aromatic N) is 4. The van der Waals surface area contributed by atoms with Gasteiger partial charge < -0.3 is 4.74 Å². The number of methoxy groups -OCH3 is 1. The van der Waals surface area contributed by atoms with E-state index in [0.717, 1.165) is 23.5 Å². The first-order chi connectivity index (χ1) is 7.60. The third-order valence-corrected chi connectivity index (χ3v) is 2.36. The van der Waals surface area contributed by atoms with Gasteiger partial charge in [0.25, 0.3) is 5.88 Å². The summed E-state index contributed by atoms with van der Waals surface area (Å²) >= 11 is 0. The maximum atomic E-state index is 5.12.